The molecule has 1 rings (SSSR count). The van der Waals surface area contributed by atoms with Crippen molar-refractivity contribution in [3.05, 3.63) is 16.9 Å². The maximum absolute atomic E-state index is 11.9. The van der Waals surface area contributed by atoms with Gasteiger partial charge in [0.2, 0.25) is 0 Å². The van der Waals surface area contributed by atoms with E-state index in [1.54, 1.807) is 7.05 Å². The van der Waals surface area contributed by atoms with E-state index in [9.17, 15) is 4.79 Å². The van der Waals surface area contributed by atoms with E-state index in [0.717, 1.165) is 12.8 Å². The smallest absolute Gasteiger partial charge is 0.182 e. The number of Topliss-reactive ketones (excluding diaryl/α,β-unsaturated/α-hetero) is 1. The largest absolute Gasteiger partial charge is 0.330 e. The fraction of sp³-hybridized carbons (Fsp3) is 0.636. The molecule has 0 aromatic carbocycles. The molecule has 0 bridgehead atoms. The Kier molecular flexibility index (Phi) is 4.96. The van der Waals surface area contributed by atoms with Crippen LogP contribution >= 0.6 is 11.6 Å². The first-order valence-electron chi connectivity index (χ1n) is 5.47. The van der Waals surface area contributed by atoms with Gasteiger partial charge in [0.15, 0.2) is 5.78 Å². The molecule has 0 amide bonds. The monoisotopic (exact) mass is 243 g/mol. The van der Waals surface area contributed by atoms with Crippen molar-refractivity contribution in [3.63, 3.8) is 0 Å². The topological polar surface area (TPSA) is 60.9 Å². The zero-order chi connectivity index (χ0) is 12.1. The number of aromatic nitrogens is 2. The molecular weight excluding hydrogens is 226 g/mol. The summed E-state index contributed by atoms with van der Waals surface area (Å²) in [5.74, 6) is 0.523. The highest BCUT2D eigenvalue weighted by Crippen LogP contribution is 2.18. The van der Waals surface area contributed by atoms with E-state index in [1.807, 2.05) is 0 Å². The van der Waals surface area contributed by atoms with Crippen LogP contribution in [-0.4, -0.2) is 22.1 Å². The molecule has 0 fully saturated rings. The third-order valence-electron chi connectivity index (χ3n) is 2.68. The summed E-state index contributed by atoms with van der Waals surface area (Å²) < 4.78 is 1.53. The fourth-order valence-corrected chi connectivity index (χ4v) is 1.92. The predicted molar refractivity (Wildman–Crippen MR) is 64.6 cm³/mol. The molecule has 1 atom stereocenters. The number of carbonyl (C=O) groups is 1. The molecule has 1 heterocycles. The minimum absolute atomic E-state index is 0.0499. The van der Waals surface area contributed by atoms with Crippen LogP contribution in [0.3, 0.4) is 0 Å². The van der Waals surface area contributed by atoms with Crippen molar-refractivity contribution < 1.29 is 4.79 Å². The Morgan fingerprint density at radius 1 is 1.62 bits per heavy atom. The van der Waals surface area contributed by atoms with Crippen LogP contribution in [0.1, 0.15) is 36.7 Å². The van der Waals surface area contributed by atoms with Crippen molar-refractivity contribution in [2.75, 3.05) is 6.54 Å². The maximum atomic E-state index is 11.9. The van der Waals surface area contributed by atoms with Crippen molar-refractivity contribution in [2.45, 2.75) is 26.2 Å². The molecule has 0 radical (unpaired) electrons. The van der Waals surface area contributed by atoms with E-state index in [2.05, 4.69) is 12.0 Å². The van der Waals surface area contributed by atoms with Gasteiger partial charge in [0.1, 0.15) is 5.69 Å². The number of rotatable bonds is 6. The molecule has 4 nitrogen and oxygen atoms in total. The number of ketones is 1. The maximum Gasteiger partial charge on any atom is 0.182 e. The Hall–Kier alpha value is -0.870. The predicted octanol–water partition coefficient (Wildman–Crippen LogP) is 2.02. The number of hydrogen-bond acceptors (Lipinski definition) is 3. The second-order valence-electron chi connectivity index (χ2n) is 4.11. The standard InChI is InChI=1S/C11H18ClN3O/c1-8(5-6-13)3-4-10(16)11-9(12)7-14-15(11)2/h7-8H,3-6,13H2,1-2H3. The number of nitrogens with zero attached hydrogens (tertiary/aromatic N) is 2. The molecule has 0 spiro atoms. The van der Waals surface area contributed by atoms with Crippen LogP contribution in [0.15, 0.2) is 6.20 Å². The Morgan fingerprint density at radius 3 is 2.81 bits per heavy atom. The van der Waals surface area contributed by atoms with Gasteiger partial charge in [-0.2, -0.15) is 5.10 Å². The SMILES string of the molecule is CC(CCN)CCC(=O)c1c(Cl)cnn1C. The van der Waals surface area contributed by atoms with Gasteiger partial charge in [0.25, 0.3) is 0 Å². The van der Waals surface area contributed by atoms with E-state index in [4.69, 9.17) is 17.3 Å². The van der Waals surface area contributed by atoms with Gasteiger partial charge >= 0.3 is 0 Å². The summed E-state index contributed by atoms with van der Waals surface area (Å²) in [6.45, 7) is 2.77. The second-order valence-corrected chi connectivity index (χ2v) is 4.52. The van der Waals surface area contributed by atoms with Gasteiger partial charge in [-0.05, 0) is 25.3 Å². The Bertz CT molecular complexity index is 343. The van der Waals surface area contributed by atoms with Crippen LogP contribution < -0.4 is 5.73 Å². The summed E-state index contributed by atoms with van der Waals surface area (Å²) in [4.78, 5) is 11.9. The Morgan fingerprint density at radius 2 is 2.31 bits per heavy atom. The molecule has 0 aliphatic heterocycles. The molecule has 0 saturated heterocycles. The van der Waals surface area contributed by atoms with Gasteiger partial charge in [-0.1, -0.05) is 18.5 Å². The lowest BCUT2D eigenvalue weighted by Crippen LogP contribution is -2.11. The van der Waals surface area contributed by atoms with Gasteiger partial charge < -0.3 is 5.73 Å². The van der Waals surface area contributed by atoms with Crippen LogP contribution in [0.2, 0.25) is 5.02 Å². The highest BCUT2D eigenvalue weighted by atomic mass is 35.5. The summed E-state index contributed by atoms with van der Waals surface area (Å²) >= 11 is 5.89. The number of halogens is 1. The minimum Gasteiger partial charge on any atom is -0.330 e. The number of carbonyl (C=O) groups excluding carboxylic acids is 1. The molecule has 16 heavy (non-hydrogen) atoms. The second kappa shape index (κ2) is 6.01. The molecule has 1 aromatic rings. The average molecular weight is 244 g/mol. The van der Waals surface area contributed by atoms with Crippen LogP contribution in [0, 0.1) is 5.92 Å². The molecule has 0 saturated carbocycles. The van der Waals surface area contributed by atoms with Crippen LogP contribution in [0.4, 0.5) is 0 Å². The molecule has 5 heteroatoms. The first-order valence-corrected chi connectivity index (χ1v) is 5.84. The zero-order valence-electron chi connectivity index (χ0n) is 9.74. The number of aryl methyl sites for hydroxylation is 1. The normalized spacial score (nSPS) is 12.8. The summed E-state index contributed by atoms with van der Waals surface area (Å²) in [6, 6.07) is 0. The molecule has 2 N–H and O–H groups in total. The third kappa shape index (κ3) is 3.32. The first-order chi connectivity index (χ1) is 7.56. The minimum atomic E-state index is 0.0499. The van der Waals surface area contributed by atoms with E-state index in [-0.39, 0.29) is 5.78 Å². The van der Waals surface area contributed by atoms with E-state index >= 15 is 0 Å². The highest BCUT2D eigenvalue weighted by Gasteiger charge is 2.16. The van der Waals surface area contributed by atoms with Gasteiger partial charge in [-0.25, -0.2) is 0 Å². The summed E-state index contributed by atoms with van der Waals surface area (Å²) in [6.07, 6.45) is 3.79. The van der Waals surface area contributed by atoms with E-state index in [1.165, 1.54) is 10.9 Å². The number of hydrogen-bond donors (Lipinski definition) is 1. The molecular formula is C11H18ClN3O. The summed E-state index contributed by atoms with van der Waals surface area (Å²) in [7, 11) is 1.72. The zero-order valence-corrected chi connectivity index (χ0v) is 10.5. The van der Waals surface area contributed by atoms with Gasteiger partial charge in [0, 0.05) is 13.5 Å². The summed E-state index contributed by atoms with van der Waals surface area (Å²) in [5, 5.41) is 4.37. The lowest BCUT2D eigenvalue weighted by atomic mass is 9.99. The summed E-state index contributed by atoms with van der Waals surface area (Å²) in [5.41, 5.74) is 5.96. The van der Waals surface area contributed by atoms with Crippen LogP contribution in [0.25, 0.3) is 0 Å². The Balaban J connectivity index is 2.53. The third-order valence-corrected chi connectivity index (χ3v) is 2.96. The lowest BCUT2D eigenvalue weighted by molar-refractivity contribution is 0.0965. The van der Waals surface area contributed by atoms with Crippen molar-refractivity contribution in [2.24, 2.45) is 18.7 Å². The van der Waals surface area contributed by atoms with Gasteiger partial charge in [-0.15, -0.1) is 0 Å². The van der Waals surface area contributed by atoms with Crippen molar-refractivity contribution in [3.8, 4) is 0 Å². The van der Waals surface area contributed by atoms with Crippen LogP contribution in [-0.2, 0) is 7.05 Å². The van der Waals surface area contributed by atoms with Crippen molar-refractivity contribution in [1.29, 1.82) is 0 Å². The molecule has 1 unspecified atom stereocenters. The van der Waals surface area contributed by atoms with E-state index < -0.39 is 0 Å². The molecule has 90 valence electrons. The highest BCUT2D eigenvalue weighted by molar-refractivity contribution is 6.33. The quantitative estimate of drug-likeness (QED) is 0.778. The molecule has 0 aliphatic carbocycles. The Labute approximate surface area is 101 Å². The van der Waals surface area contributed by atoms with E-state index in [0.29, 0.717) is 29.6 Å². The molecule has 1 aromatic heterocycles. The lowest BCUT2D eigenvalue weighted by Gasteiger charge is -2.09. The first kappa shape index (κ1) is 13.2. The average Bonchev–Trinajstić information content (AvgIpc) is 2.56. The molecule has 0 aliphatic rings. The number of nitrogens with two attached hydrogens (primary N) is 1. The van der Waals surface area contributed by atoms with Crippen molar-refractivity contribution >= 4 is 17.4 Å². The van der Waals surface area contributed by atoms with Crippen molar-refractivity contribution in [1.82, 2.24) is 9.78 Å². The van der Waals surface area contributed by atoms with Crippen LogP contribution in [0.5, 0.6) is 0 Å². The van der Waals surface area contributed by atoms with Gasteiger partial charge in [0.05, 0.1) is 11.2 Å². The fourth-order valence-electron chi connectivity index (χ4n) is 1.65. The van der Waals surface area contributed by atoms with Gasteiger partial charge in [-0.3, -0.25) is 9.48 Å².